The molecule has 5 unspecified atom stereocenters. The predicted octanol–water partition coefficient (Wildman–Crippen LogP) is 2.99. The lowest BCUT2D eigenvalue weighted by molar-refractivity contribution is -0.115. The average molecular weight is 222 g/mol. The van der Waals surface area contributed by atoms with Crippen molar-refractivity contribution < 1.29 is 9.47 Å². The molecule has 3 aliphatic rings. The van der Waals surface area contributed by atoms with Gasteiger partial charge in [-0.1, -0.05) is 25.0 Å². The van der Waals surface area contributed by atoms with Crippen LogP contribution in [0.2, 0.25) is 0 Å². The van der Waals surface area contributed by atoms with Crippen molar-refractivity contribution in [2.75, 3.05) is 13.7 Å². The maximum Gasteiger partial charge on any atom is 0.160 e. The van der Waals surface area contributed by atoms with Crippen LogP contribution in [0.4, 0.5) is 0 Å². The molecule has 5 atom stereocenters. The molecule has 3 rings (SSSR count). The van der Waals surface area contributed by atoms with Crippen LogP contribution in [0.3, 0.4) is 0 Å². The van der Waals surface area contributed by atoms with Crippen molar-refractivity contribution in [3.8, 4) is 0 Å². The number of ether oxygens (including phenoxy) is 2. The fourth-order valence-corrected chi connectivity index (χ4v) is 4.14. The zero-order chi connectivity index (χ0) is 11.1. The minimum atomic E-state index is 0.0321. The zero-order valence-electron chi connectivity index (χ0n) is 10.2. The molecule has 0 aromatic carbocycles. The van der Waals surface area contributed by atoms with Crippen molar-refractivity contribution in [3.63, 3.8) is 0 Å². The van der Waals surface area contributed by atoms with Gasteiger partial charge in [0.05, 0.1) is 6.61 Å². The summed E-state index contributed by atoms with van der Waals surface area (Å²) in [6, 6.07) is 0. The molecular formula is C14H22O2. The summed E-state index contributed by atoms with van der Waals surface area (Å²) in [6.45, 7) is 5.21. The van der Waals surface area contributed by atoms with E-state index in [0.717, 1.165) is 18.4 Å². The molecule has 2 nitrogen and oxygen atoms in total. The van der Waals surface area contributed by atoms with Crippen LogP contribution >= 0.6 is 0 Å². The highest BCUT2D eigenvalue weighted by Gasteiger charge is 2.47. The lowest BCUT2D eigenvalue weighted by atomic mass is 9.62. The van der Waals surface area contributed by atoms with E-state index in [4.69, 9.17) is 9.47 Å². The van der Waals surface area contributed by atoms with Crippen LogP contribution in [0.5, 0.6) is 0 Å². The molecule has 2 saturated carbocycles. The summed E-state index contributed by atoms with van der Waals surface area (Å²) in [5.74, 6) is 2.80. The Bertz CT molecular complexity index is 286. The predicted molar refractivity (Wildman–Crippen MR) is 62.9 cm³/mol. The van der Waals surface area contributed by atoms with Gasteiger partial charge in [-0.05, 0) is 31.1 Å². The summed E-state index contributed by atoms with van der Waals surface area (Å²) in [5, 5.41) is 0. The van der Waals surface area contributed by atoms with E-state index in [-0.39, 0.29) is 6.29 Å². The minimum Gasteiger partial charge on any atom is -0.356 e. The number of hydrogen-bond acceptors (Lipinski definition) is 2. The first kappa shape index (κ1) is 10.8. The Balaban J connectivity index is 1.80. The fourth-order valence-electron chi connectivity index (χ4n) is 4.14. The van der Waals surface area contributed by atoms with Crippen molar-refractivity contribution >= 4 is 0 Å². The average Bonchev–Trinajstić information content (AvgIpc) is 2.72. The van der Waals surface area contributed by atoms with E-state index in [1.54, 1.807) is 7.11 Å². The van der Waals surface area contributed by atoms with Gasteiger partial charge in [-0.25, -0.2) is 0 Å². The first-order valence-corrected chi connectivity index (χ1v) is 6.64. The number of hydrogen-bond donors (Lipinski definition) is 0. The molecule has 2 heteroatoms. The second kappa shape index (κ2) is 4.15. The Morgan fingerprint density at radius 3 is 2.88 bits per heavy atom. The second-order valence-corrected chi connectivity index (χ2v) is 5.67. The normalized spacial score (nSPS) is 47.6. The molecule has 0 aromatic heterocycles. The number of fused-ring (bicyclic) bond motifs is 2. The lowest BCUT2D eigenvalue weighted by Crippen LogP contribution is -2.37. The van der Waals surface area contributed by atoms with Gasteiger partial charge in [0.2, 0.25) is 0 Å². The first-order valence-electron chi connectivity index (χ1n) is 6.64. The Morgan fingerprint density at radius 1 is 1.25 bits per heavy atom. The van der Waals surface area contributed by atoms with Gasteiger partial charge in [-0.3, -0.25) is 0 Å². The molecule has 1 heterocycles. The van der Waals surface area contributed by atoms with Gasteiger partial charge in [-0.2, -0.15) is 0 Å². The smallest absolute Gasteiger partial charge is 0.160 e. The van der Waals surface area contributed by atoms with Crippen molar-refractivity contribution in [1.29, 1.82) is 0 Å². The van der Waals surface area contributed by atoms with E-state index >= 15 is 0 Å². The van der Waals surface area contributed by atoms with Crippen LogP contribution in [0.25, 0.3) is 0 Å². The molecule has 0 amide bonds. The van der Waals surface area contributed by atoms with Crippen LogP contribution in [0.15, 0.2) is 12.2 Å². The molecule has 1 aliphatic heterocycles. The van der Waals surface area contributed by atoms with E-state index in [0.29, 0.717) is 11.8 Å². The van der Waals surface area contributed by atoms with Gasteiger partial charge >= 0.3 is 0 Å². The SMILES string of the molecule is C=C1C2CCCCC2CC2C(OC)OCC12. The summed E-state index contributed by atoms with van der Waals surface area (Å²) < 4.78 is 11.2. The van der Waals surface area contributed by atoms with E-state index in [1.807, 2.05) is 0 Å². The lowest BCUT2D eigenvalue weighted by Gasteiger charge is -2.43. The Kier molecular flexibility index (Phi) is 2.80. The van der Waals surface area contributed by atoms with Crippen molar-refractivity contribution in [2.45, 2.75) is 38.4 Å². The molecule has 0 radical (unpaired) electrons. The van der Waals surface area contributed by atoms with Gasteiger partial charge < -0.3 is 9.47 Å². The highest BCUT2D eigenvalue weighted by molar-refractivity contribution is 5.16. The summed E-state index contributed by atoms with van der Waals surface area (Å²) in [7, 11) is 1.77. The minimum absolute atomic E-state index is 0.0321. The zero-order valence-corrected chi connectivity index (χ0v) is 10.2. The first-order chi connectivity index (χ1) is 7.81. The van der Waals surface area contributed by atoms with Gasteiger partial charge in [-0.15, -0.1) is 0 Å². The topological polar surface area (TPSA) is 18.5 Å². The maximum atomic E-state index is 5.74. The quantitative estimate of drug-likeness (QED) is 0.635. The third-order valence-corrected chi connectivity index (χ3v) is 4.98. The summed E-state index contributed by atoms with van der Waals surface area (Å²) in [6.07, 6.45) is 6.89. The van der Waals surface area contributed by atoms with Crippen LogP contribution in [-0.4, -0.2) is 20.0 Å². The fraction of sp³-hybridized carbons (Fsp3) is 0.857. The van der Waals surface area contributed by atoms with Crippen molar-refractivity contribution in [3.05, 3.63) is 12.2 Å². The van der Waals surface area contributed by atoms with Gasteiger partial charge in [0.15, 0.2) is 6.29 Å². The molecule has 0 spiro atoms. The molecule has 1 saturated heterocycles. The maximum absolute atomic E-state index is 5.74. The third kappa shape index (κ3) is 1.54. The van der Waals surface area contributed by atoms with Crippen LogP contribution < -0.4 is 0 Å². The van der Waals surface area contributed by atoms with Crippen molar-refractivity contribution in [1.82, 2.24) is 0 Å². The van der Waals surface area contributed by atoms with E-state index in [1.165, 1.54) is 37.7 Å². The molecule has 2 aliphatic carbocycles. The van der Waals surface area contributed by atoms with Gasteiger partial charge in [0, 0.05) is 18.9 Å². The van der Waals surface area contributed by atoms with E-state index < -0.39 is 0 Å². The monoisotopic (exact) mass is 222 g/mol. The van der Waals surface area contributed by atoms with Gasteiger partial charge in [0.25, 0.3) is 0 Å². The Labute approximate surface area is 98.0 Å². The number of rotatable bonds is 1. The van der Waals surface area contributed by atoms with Crippen LogP contribution in [0, 0.1) is 23.7 Å². The van der Waals surface area contributed by atoms with Crippen molar-refractivity contribution in [2.24, 2.45) is 23.7 Å². The van der Waals surface area contributed by atoms with Crippen LogP contribution in [-0.2, 0) is 9.47 Å². The van der Waals surface area contributed by atoms with Crippen LogP contribution in [0.1, 0.15) is 32.1 Å². The summed E-state index contributed by atoms with van der Waals surface area (Å²) >= 11 is 0. The third-order valence-electron chi connectivity index (χ3n) is 4.98. The van der Waals surface area contributed by atoms with Gasteiger partial charge in [0.1, 0.15) is 0 Å². The molecule has 0 bridgehead atoms. The largest absolute Gasteiger partial charge is 0.356 e. The molecule has 90 valence electrons. The summed E-state index contributed by atoms with van der Waals surface area (Å²) in [4.78, 5) is 0. The molecule has 0 N–H and O–H groups in total. The van der Waals surface area contributed by atoms with E-state index in [2.05, 4.69) is 6.58 Å². The standard InChI is InChI=1S/C14H22O2/c1-9-11-6-4-3-5-10(11)7-12-13(9)8-16-14(12)15-2/h10-14H,1,3-8H2,2H3. The number of methoxy groups -OCH3 is 1. The Hall–Kier alpha value is -0.340. The Morgan fingerprint density at radius 2 is 2.06 bits per heavy atom. The summed E-state index contributed by atoms with van der Waals surface area (Å²) in [5.41, 5.74) is 1.47. The second-order valence-electron chi connectivity index (χ2n) is 5.67. The highest BCUT2D eigenvalue weighted by Crippen LogP contribution is 2.51. The molecule has 3 fully saturated rings. The highest BCUT2D eigenvalue weighted by atomic mass is 16.7. The van der Waals surface area contributed by atoms with E-state index in [9.17, 15) is 0 Å². The molecular weight excluding hydrogens is 200 g/mol. The molecule has 16 heavy (non-hydrogen) atoms. The molecule has 0 aromatic rings.